The minimum Gasteiger partial charge on any atom is -0.371 e. The lowest BCUT2D eigenvalue weighted by molar-refractivity contribution is 0.0244. The van der Waals surface area contributed by atoms with Gasteiger partial charge in [0.25, 0.3) is 5.91 Å². The van der Waals surface area contributed by atoms with Gasteiger partial charge in [-0.3, -0.25) is 9.78 Å². The van der Waals surface area contributed by atoms with Gasteiger partial charge in [0.1, 0.15) is 11.3 Å². The highest BCUT2D eigenvalue weighted by Crippen LogP contribution is 2.46. The molecule has 2 saturated heterocycles. The van der Waals surface area contributed by atoms with Crippen molar-refractivity contribution in [1.29, 1.82) is 0 Å². The van der Waals surface area contributed by atoms with Crippen LogP contribution in [0, 0.1) is 0 Å². The van der Waals surface area contributed by atoms with Crippen LogP contribution in [-0.4, -0.2) is 50.6 Å². The van der Waals surface area contributed by atoms with Gasteiger partial charge >= 0.3 is 0 Å². The molecule has 2 aromatic rings. The summed E-state index contributed by atoms with van der Waals surface area (Å²) in [6, 6.07) is 5.86. The summed E-state index contributed by atoms with van der Waals surface area (Å²) < 4.78 is 11.3. The van der Waals surface area contributed by atoms with Crippen LogP contribution >= 0.6 is 11.8 Å². The van der Waals surface area contributed by atoms with E-state index in [1.165, 1.54) is 6.20 Å². The highest BCUT2D eigenvalue weighted by atomic mass is 32.2. The topological polar surface area (TPSA) is 68.5 Å². The number of aromatic nitrogens is 2. The molecule has 0 unspecified atom stereocenters. The Bertz CT molecular complexity index is 743. The molecule has 132 valence electrons. The summed E-state index contributed by atoms with van der Waals surface area (Å²) in [6.45, 7) is 4.05. The second-order valence-electron chi connectivity index (χ2n) is 6.63. The molecule has 0 aromatic carbocycles. The van der Waals surface area contributed by atoms with Crippen molar-refractivity contribution in [3.8, 4) is 0 Å². The number of nitrogens with zero attached hydrogens (tertiary/aromatic N) is 3. The molecule has 4 heterocycles. The Labute approximate surface area is 150 Å². The lowest BCUT2D eigenvalue weighted by atomic mass is 9.92. The number of ether oxygens (including phenoxy) is 1. The van der Waals surface area contributed by atoms with Gasteiger partial charge in [-0.05, 0) is 18.6 Å². The normalized spacial score (nSPS) is 21.5. The van der Waals surface area contributed by atoms with Crippen molar-refractivity contribution in [3.05, 3.63) is 47.6 Å². The fourth-order valence-electron chi connectivity index (χ4n) is 3.47. The van der Waals surface area contributed by atoms with Crippen molar-refractivity contribution in [2.24, 2.45) is 0 Å². The van der Waals surface area contributed by atoms with Gasteiger partial charge in [-0.25, -0.2) is 0 Å². The van der Waals surface area contributed by atoms with Crippen molar-refractivity contribution >= 4 is 17.7 Å². The van der Waals surface area contributed by atoms with E-state index in [-0.39, 0.29) is 16.8 Å². The summed E-state index contributed by atoms with van der Waals surface area (Å²) in [4.78, 5) is 18.8. The zero-order valence-electron chi connectivity index (χ0n) is 14.2. The van der Waals surface area contributed by atoms with E-state index in [9.17, 15) is 4.79 Å². The Morgan fingerprint density at radius 3 is 3.12 bits per heavy atom. The average molecular weight is 359 g/mol. The third-order valence-electron chi connectivity index (χ3n) is 4.81. The lowest BCUT2D eigenvalue weighted by Gasteiger charge is -2.47. The van der Waals surface area contributed by atoms with E-state index in [4.69, 9.17) is 9.26 Å². The largest absolute Gasteiger partial charge is 0.371 e. The molecule has 1 atom stereocenters. The van der Waals surface area contributed by atoms with Gasteiger partial charge in [0.05, 0.1) is 29.3 Å². The van der Waals surface area contributed by atoms with E-state index in [0.29, 0.717) is 24.4 Å². The van der Waals surface area contributed by atoms with E-state index in [1.54, 1.807) is 6.20 Å². The second kappa shape index (κ2) is 6.80. The van der Waals surface area contributed by atoms with E-state index in [0.717, 1.165) is 31.0 Å². The van der Waals surface area contributed by atoms with Gasteiger partial charge < -0.3 is 14.2 Å². The number of pyridine rings is 1. The molecule has 0 radical (unpaired) electrons. The van der Waals surface area contributed by atoms with Gasteiger partial charge in [-0.15, -0.1) is 11.8 Å². The molecule has 4 rings (SSSR count). The summed E-state index contributed by atoms with van der Waals surface area (Å²) >= 11 is 1.92. The standard InChI is InChI=1S/C18H21N3O3S/c1-2-16-15(8-20-24-16)17(22)21-11-18(12-21)7-14(10-25-18)23-9-13-5-3-4-6-19-13/h3-6,8,14H,2,7,9-12H2,1H3/t14-/m0/s1. The summed E-state index contributed by atoms with van der Waals surface area (Å²) in [5.74, 6) is 1.67. The molecule has 2 aliphatic rings. The van der Waals surface area contributed by atoms with Gasteiger partial charge in [0.2, 0.25) is 0 Å². The summed E-state index contributed by atoms with van der Waals surface area (Å²) in [6.07, 6.45) is 5.21. The molecular formula is C18H21N3O3S. The molecule has 1 amide bonds. The predicted octanol–water partition coefficient (Wildman–Crippen LogP) is 2.55. The first-order valence-corrected chi connectivity index (χ1v) is 9.56. The van der Waals surface area contributed by atoms with Crippen LogP contribution in [0.25, 0.3) is 0 Å². The number of hydrogen-bond donors (Lipinski definition) is 0. The van der Waals surface area contributed by atoms with Crippen LogP contribution in [0.4, 0.5) is 0 Å². The number of thioether (sulfide) groups is 1. The highest BCUT2D eigenvalue weighted by Gasteiger charge is 2.51. The number of hydrogen-bond acceptors (Lipinski definition) is 6. The zero-order chi connectivity index (χ0) is 17.3. The Morgan fingerprint density at radius 1 is 1.48 bits per heavy atom. The van der Waals surface area contributed by atoms with Crippen molar-refractivity contribution in [2.75, 3.05) is 18.8 Å². The van der Waals surface area contributed by atoms with Gasteiger partial charge in [0.15, 0.2) is 0 Å². The van der Waals surface area contributed by atoms with Crippen LogP contribution in [0.3, 0.4) is 0 Å². The third kappa shape index (κ3) is 3.30. The van der Waals surface area contributed by atoms with Crippen LogP contribution in [0.1, 0.15) is 35.2 Å². The first kappa shape index (κ1) is 16.6. The number of likely N-dealkylation sites (tertiary alicyclic amines) is 1. The van der Waals surface area contributed by atoms with Crippen LogP contribution in [0.5, 0.6) is 0 Å². The maximum absolute atomic E-state index is 12.6. The molecule has 7 heteroatoms. The zero-order valence-corrected chi connectivity index (χ0v) is 15.0. The average Bonchev–Trinajstić information content (AvgIpc) is 3.26. The number of amides is 1. The van der Waals surface area contributed by atoms with Crippen molar-refractivity contribution in [1.82, 2.24) is 15.0 Å². The Hall–Kier alpha value is -1.86. The van der Waals surface area contributed by atoms with Crippen LogP contribution < -0.4 is 0 Å². The molecular weight excluding hydrogens is 338 g/mol. The fraction of sp³-hybridized carbons (Fsp3) is 0.500. The summed E-state index contributed by atoms with van der Waals surface area (Å²) in [7, 11) is 0. The van der Waals surface area contributed by atoms with Crippen LogP contribution in [0.15, 0.2) is 35.1 Å². The Morgan fingerprint density at radius 2 is 2.36 bits per heavy atom. The van der Waals surface area contributed by atoms with Gasteiger partial charge in [0, 0.05) is 31.5 Å². The predicted molar refractivity (Wildman–Crippen MR) is 94.4 cm³/mol. The summed E-state index contributed by atoms with van der Waals surface area (Å²) in [5, 5.41) is 3.76. The first-order valence-electron chi connectivity index (χ1n) is 8.57. The van der Waals surface area contributed by atoms with Crippen molar-refractivity contribution < 1.29 is 14.1 Å². The highest BCUT2D eigenvalue weighted by molar-refractivity contribution is 8.01. The van der Waals surface area contributed by atoms with Crippen molar-refractivity contribution in [3.63, 3.8) is 0 Å². The second-order valence-corrected chi connectivity index (χ2v) is 8.12. The van der Waals surface area contributed by atoms with Gasteiger partial charge in [-0.2, -0.15) is 0 Å². The first-order chi connectivity index (χ1) is 12.2. The van der Waals surface area contributed by atoms with Gasteiger partial charge in [-0.1, -0.05) is 18.1 Å². The smallest absolute Gasteiger partial charge is 0.259 e. The molecule has 1 spiro atoms. The monoisotopic (exact) mass is 359 g/mol. The molecule has 2 aliphatic heterocycles. The molecule has 0 aliphatic carbocycles. The molecule has 2 fully saturated rings. The molecule has 25 heavy (non-hydrogen) atoms. The number of carbonyl (C=O) groups excluding carboxylic acids is 1. The SMILES string of the molecule is CCc1oncc1C(=O)N1CC2(C[C@H](OCc3ccccn3)CS2)C1. The van der Waals surface area contributed by atoms with Crippen molar-refractivity contribution in [2.45, 2.75) is 37.2 Å². The minimum atomic E-state index is 0.0298. The molecule has 2 aromatic heterocycles. The number of aryl methyl sites for hydroxylation is 1. The van der Waals surface area contributed by atoms with E-state index in [2.05, 4.69) is 10.1 Å². The number of rotatable bonds is 5. The van der Waals surface area contributed by atoms with E-state index in [1.807, 2.05) is 41.8 Å². The third-order valence-corrected chi connectivity index (χ3v) is 6.39. The minimum absolute atomic E-state index is 0.0298. The molecule has 0 bridgehead atoms. The lowest BCUT2D eigenvalue weighted by Crippen LogP contribution is -2.60. The van der Waals surface area contributed by atoms with Crippen LogP contribution in [-0.2, 0) is 17.8 Å². The quantitative estimate of drug-likeness (QED) is 0.817. The van der Waals surface area contributed by atoms with E-state index >= 15 is 0 Å². The summed E-state index contributed by atoms with van der Waals surface area (Å²) in [5.41, 5.74) is 1.56. The van der Waals surface area contributed by atoms with Crippen LogP contribution in [0.2, 0.25) is 0 Å². The maximum Gasteiger partial charge on any atom is 0.259 e. The molecule has 0 saturated carbocycles. The maximum atomic E-state index is 12.6. The fourth-order valence-corrected chi connectivity index (χ4v) is 5.02. The Kier molecular flexibility index (Phi) is 4.52. The molecule has 0 N–H and O–H groups in total. The van der Waals surface area contributed by atoms with E-state index < -0.39 is 0 Å². The molecule has 6 nitrogen and oxygen atoms in total. The Balaban J connectivity index is 1.29. The number of carbonyl (C=O) groups is 1.